The number of hydrogen-bond acceptors (Lipinski definition) is 8. The van der Waals surface area contributed by atoms with Gasteiger partial charge in [-0.05, 0) is 57.5 Å². The van der Waals surface area contributed by atoms with Crippen LogP contribution in [0.4, 0.5) is 9.59 Å². The second kappa shape index (κ2) is 14.2. The van der Waals surface area contributed by atoms with E-state index in [1.54, 1.807) is 69.3 Å². The van der Waals surface area contributed by atoms with Crippen molar-refractivity contribution in [1.82, 2.24) is 4.90 Å². The smallest absolute Gasteiger partial charge is 0.435 e. The van der Waals surface area contributed by atoms with Gasteiger partial charge in [-0.25, -0.2) is 14.4 Å². The van der Waals surface area contributed by atoms with Gasteiger partial charge in [-0.1, -0.05) is 36.9 Å². The molecule has 2 amide bonds. The number of esters is 1. The van der Waals surface area contributed by atoms with E-state index < -0.39 is 35.9 Å². The Balaban J connectivity index is 1.64. The maximum absolute atomic E-state index is 12.8. The van der Waals surface area contributed by atoms with Crippen LogP contribution >= 0.6 is 0 Å². The Morgan fingerprint density at radius 3 is 2.49 bits per heavy atom. The summed E-state index contributed by atoms with van der Waals surface area (Å²) in [5.41, 5.74) is 6.53. The topological polar surface area (TPSA) is 139 Å². The van der Waals surface area contributed by atoms with Gasteiger partial charge in [-0.15, -0.1) is 0 Å². The van der Waals surface area contributed by atoms with Crippen LogP contribution < -0.4 is 15.2 Å². The lowest BCUT2D eigenvalue weighted by atomic mass is 10.2. The number of aliphatic imine (C=N–C) groups is 1. The molecule has 0 bridgehead atoms. The first-order valence-corrected chi connectivity index (χ1v) is 13.3. The van der Waals surface area contributed by atoms with Gasteiger partial charge in [0.25, 0.3) is 0 Å². The highest BCUT2D eigenvalue weighted by Gasteiger charge is 2.43. The zero-order valence-electron chi connectivity index (χ0n) is 23.8. The average molecular weight is 568 g/mol. The van der Waals surface area contributed by atoms with Crippen LogP contribution in [0, 0.1) is 0 Å². The molecule has 0 radical (unpaired) electrons. The second-order valence-corrected chi connectivity index (χ2v) is 10.2. The minimum atomic E-state index is -0.880. The highest BCUT2D eigenvalue weighted by molar-refractivity contribution is 6.03. The maximum atomic E-state index is 12.8. The molecule has 2 aromatic carbocycles. The summed E-state index contributed by atoms with van der Waals surface area (Å²) in [6, 6.07) is 13.0. The van der Waals surface area contributed by atoms with Crippen molar-refractivity contribution in [1.29, 1.82) is 0 Å². The van der Waals surface area contributed by atoms with Crippen LogP contribution in [0.25, 0.3) is 0 Å². The zero-order valence-corrected chi connectivity index (χ0v) is 23.8. The van der Waals surface area contributed by atoms with Gasteiger partial charge < -0.3 is 29.4 Å². The van der Waals surface area contributed by atoms with Gasteiger partial charge in [-0.2, -0.15) is 4.99 Å². The third-order valence-corrected chi connectivity index (χ3v) is 5.75. The fourth-order valence-corrected chi connectivity index (χ4v) is 3.98. The lowest BCUT2D eigenvalue weighted by Gasteiger charge is -2.27. The van der Waals surface area contributed by atoms with Crippen molar-refractivity contribution in [3.63, 3.8) is 0 Å². The van der Waals surface area contributed by atoms with Crippen LogP contribution in [0.5, 0.6) is 11.5 Å². The molecule has 1 aliphatic rings. The number of ether oxygens (including phenoxy) is 5. The van der Waals surface area contributed by atoms with E-state index >= 15 is 0 Å². The van der Waals surface area contributed by atoms with E-state index in [1.165, 1.54) is 11.0 Å². The molecule has 220 valence electrons. The fraction of sp³-hybridized carbons (Fsp3) is 0.400. The lowest BCUT2D eigenvalue weighted by Crippen LogP contribution is -2.44. The van der Waals surface area contributed by atoms with Crippen LogP contribution in [0.2, 0.25) is 0 Å². The van der Waals surface area contributed by atoms with Crippen LogP contribution in [0.3, 0.4) is 0 Å². The first kappa shape index (κ1) is 31.0. The molecule has 3 rings (SSSR count). The highest BCUT2D eigenvalue weighted by Crippen LogP contribution is 2.26. The quantitative estimate of drug-likeness (QED) is 0.143. The molecule has 1 saturated heterocycles. The number of hydrogen-bond donors (Lipinski definition) is 1. The third-order valence-electron chi connectivity index (χ3n) is 5.75. The first-order valence-electron chi connectivity index (χ1n) is 13.3. The Morgan fingerprint density at radius 2 is 1.83 bits per heavy atom. The molecule has 0 aliphatic carbocycles. The molecule has 0 spiro atoms. The SMILES string of the molecule is C=CCOC(=O)C1CC(Oc2cccc(/C(N)=N\C(=O)OCc3ccc(OCC)cc3)c2)CN1C(=O)OC(C)(C)C. The van der Waals surface area contributed by atoms with Gasteiger partial charge in [-0.3, -0.25) is 4.90 Å². The maximum Gasteiger partial charge on any atom is 0.435 e. The van der Waals surface area contributed by atoms with Crippen LogP contribution in [-0.4, -0.2) is 66.4 Å². The highest BCUT2D eigenvalue weighted by atomic mass is 16.6. The monoisotopic (exact) mass is 567 g/mol. The molecular formula is C30H37N3O8. The van der Waals surface area contributed by atoms with Gasteiger partial charge in [0.15, 0.2) is 0 Å². The van der Waals surface area contributed by atoms with E-state index in [1.807, 2.05) is 6.92 Å². The molecule has 11 heteroatoms. The number of amides is 2. The molecule has 41 heavy (non-hydrogen) atoms. The van der Waals surface area contributed by atoms with Crippen molar-refractivity contribution in [2.24, 2.45) is 10.7 Å². The number of nitrogens with two attached hydrogens (primary N) is 1. The number of carbonyl (C=O) groups is 3. The number of likely N-dealkylation sites (tertiary alicyclic amines) is 1. The lowest BCUT2D eigenvalue weighted by molar-refractivity contribution is -0.147. The number of carbonyl (C=O) groups excluding carboxylic acids is 3. The van der Waals surface area contributed by atoms with E-state index in [0.29, 0.717) is 17.9 Å². The Bertz CT molecular complexity index is 1250. The molecule has 2 aromatic rings. The summed E-state index contributed by atoms with van der Waals surface area (Å²) >= 11 is 0. The molecule has 2 N–H and O–H groups in total. The van der Waals surface area contributed by atoms with E-state index in [4.69, 9.17) is 29.4 Å². The Hall–Kier alpha value is -4.54. The molecule has 11 nitrogen and oxygen atoms in total. The van der Waals surface area contributed by atoms with Crippen molar-refractivity contribution in [2.45, 2.75) is 58.5 Å². The first-order chi connectivity index (χ1) is 19.5. The summed E-state index contributed by atoms with van der Waals surface area (Å²) in [7, 11) is 0. The molecule has 1 aliphatic heterocycles. The van der Waals surface area contributed by atoms with Crippen LogP contribution in [0.15, 0.2) is 66.2 Å². The molecule has 0 saturated carbocycles. The Morgan fingerprint density at radius 1 is 1.10 bits per heavy atom. The minimum absolute atomic E-state index is 0.0201. The fourth-order valence-electron chi connectivity index (χ4n) is 3.98. The van der Waals surface area contributed by atoms with Crippen molar-refractivity contribution < 1.29 is 38.1 Å². The van der Waals surface area contributed by atoms with Gasteiger partial charge in [0, 0.05) is 12.0 Å². The van der Waals surface area contributed by atoms with Gasteiger partial charge in [0.1, 0.15) is 48.3 Å². The number of amidine groups is 1. The number of benzene rings is 2. The molecule has 0 aromatic heterocycles. The average Bonchev–Trinajstić information content (AvgIpc) is 3.35. The summed E-state index contributed by atoms with van der Waals surface area (Å²) in [5, 5.41) is 0. The van der Waals surface area contributed by atoms with Gasteiger partial charge >= 0.3 is 18.2 Å². The van der Waals surface area contributed by atoms with E-state index in [-0.39, 0.29) is 32.0 Å². The normalized spacial score (nSPS) is 17.0. The molecule has 2 unspecified atom stereocenters. The minimum Gasteiger partial charge on any atom is -0.494 e. The van der Waals surface area contributed by atoms with Crippen molar-refractivity contribution in [2.75, 3.05) is 19.8 Å². The molecule has 1 heterocycles. The summed E-state index contributed by atoms with van der Waals surface area (Å²) in [4.78, 5) is 42.9. The Kier molecular flexibility index (Phi) is 10.7. The predicted octanol–water partition coefficient (Wildman–Crippen LogP) is 4.61. The van der Waals surface area contributed by atoms with E-state index in [2.05, 4.69) is 11.6 Å². The van der Waals surface area contributed by atoms with Gasteiger partial charge in [0.05, 0.1) is 13.2 Å². The predicted molar refractivity (Wildman–Crippen MR) is 152 cm³/mol. The summed E-state index contributed by atoms with van der Waals surface area (Å²) < 4.78 is 27.4. The summed E-state index contributed by atoms with van der Waals surface area (Å²) in [6.07, 6.45) is -0.367. The largest absolute Gasteiger partial charge is 0.494 e. The zero-order chi connectivity index (χ0) is 30.0. The van der Waals surface area contributed by atoms with Crippen molar-refractivity contribution in [3.8, 4) is 11.5 Å². The van der Waals surface area contributed by atoms with Crippen LogP contribution in [0.1, 0.15) is 45.2 Å². The molecule has 2 atom stereocenters. The molecule has 1 fully saturated rings. The third kappa shape index (κ3) is 9.55. The summed E-state index contributed by atoms with van der Waals surface area (Å²) in [5.74, 6) is 0.512. The number of nitrogens with zero attached hydrogens (tertiary/aromatic N) is 2. The number of rotatable bonds is 10. The Labute approximate surface area is 239 Å². The van der Waals surface area contributed by atoms with Crippen LogP contribution in [-0.2, 0) is 25.6 Å². The molecular weight excluding hydrogens is 530 g/mol. The summed E-state index contributed by atoms with van der Waals surface area (Å²) in [6.45, 7) is 11.4. The standard InChI is InChI=1S/C30H37N3O8/c1-6-15-38-27(34)25-17-24(18-33(25)29(36)41-30(3,4)5)40-23-10-8-9-21(16-23)26(31)32-28(35)39-19-20-11-13-22(14-12-20)37-7-2/h6,8-14,16,24-25H,1,7,15,17-19H2,2-5H3,(H2,31,32,35). The van der Waals surface area contributed by atoms with Gasteiger partial charge in [0.2, 0.25) is 0 Å². The van der Waals surface area contributed by atoms with Crippen molar-refractivity contribution >= 4 is 24.0 Å². The van der Waals surface area contributed by atoms with Crippen molar-refractivity contribution in [3.05, 3.63) is 72.3 Å². The van der Waals surface area contributed by atoms with E-state index in [9.17, 15) is 14.4 Å². The van der Waals surface area contributed by atoms with E-state index in [0.717, 1.165) is 11.3 Å². The second-order valence-electron chi connectivity index (χ2n) is 10.2.